The monoisotopic (exact) mass is 478 g/mol. The Hall–Kier alpha value is -2.74. The SMILES string of the molecule is CC(C(N)=O)(c1ccccc1)[C@H]1COC2(CCN(S(=O)(=O)c3ccc4ccccc4c3)CC2)C1. The fourth-order valence-electron chi connectivity index (χ4n) is 5.54. The molecule has 1 amide bonds. The number of rotatable bonds is 5. The molecule has 7 heteroatoms. The second-order valence-electron chi connectivity index (χ2n) is 9.74. The average molecular weight is 479 g/mol. The topological polar surface area (TPSA) is 89.7 Å². The van der Waals surface area contributed by atoms with E-state index in [2.05, 4.69) is 0 Å². The molecular weight excluding hydrogens is 448 g/mol. The largest absolute Gasteiger partial charge is 0.375 e. The number of primary amides is 1. The molecule has 34 heavy (non-hydrogen) atoms. The highest BCUT2D eigenvalue weighted by Crippen LogP contribution is 2.47. The van der Waals surface area contributed by atoms with Crippen LogP contribution in [0.5, 0.6) is 0 Å². The van der Waals surface area contributed by atoms with Crippen LogP contribution in [0, 0.1) is 5.92 Å². The lowest BCUT2D eigenvalue weighted by atomic mass is 9.68. The third-order valence-electron chi connectivity index (χ3n) is 7.90. The molecule has 2 atom stereocenters. The number of ether oxygens (including phenoxy) is 1. The first kappa shape index (κ1) is 23.0. The first-order valence-electron chi connectivity index (χ1n) is 11.7. The fraction of sp³-hybridized carbons (Fsp3) is 0.370. The minimum atomic E-state index is -3.59. The highest BCUT2D eigenvalue weighted by atomic mass is 32.2. The van der Waals surface area contributed by atoms with Crippen molar-refractivity contribution in [3.05, 3.63) is 78.4 Å². The third-order valence-corrected chi connectivity index (χ3v) is 9.80. The number of amides is 1. The zero-order valence-corrected chi connectivity index (χ0v) is 20.1. The van der Waals surface area contributed by atoms with Crippen LogP contribution < -0.4 is 5.73 Å². The highest BCUT2D eigenvalue weighted by Gasteiger charge is 2.52. The minimum absolute atomic E-state index is 0.0592. The summed E-state index contributed by atoms with van der Waals surface area (Å²) < 4.78 is 34.6. The van der Waals surface area contributed by atoms with Crippen molar-refractivity contribution in [2.75, 3.05) is 19.7 Å². The van der Waals surface area contributed by atoms with Crippen LogP contribution in [0.4, 0.5) is 0 Å². The quantitative estimate of drug-likeness (QED) is 0.603. The van der Waals surface area contributed by atoms with Crippen molar-refractivity contribution < 1.29 is 17.9 Å². The molecule has 0 aliphatic carbocycles. The Morgan fingerprint density at radius 2 is 1.65 bits per heavy atom. The second-order valence-corrected chi connectivity index (χ2v) is 11.7. The van der Waals surface area contributed by atoms with Gasteiger partial charge < -0.3 is 10.5 Å². The van der Waals surface area contributed by atoms with Crippen molar-refractivity contribution in [2.45, 2.75) is 42.1 Å². The van der Waals surface area contributed by atoms with Gasteiger partial charge in [0.1, 0.15) is 0 Å². The second kappa shape index (κ2) is 8.48. The van der Waals surface area contributed by atoms with E-state index in [1.807, 2.05) is 67.6 Å². The molecule has 2 aliphatic heterocycles. The summed E-state index contributed by atoms with van der Waals surface area (Å²) in [6, 6.07) is 22.7. The lowest BCUT2D eigenvalue weighted by Gasteiger charge is -2.39. The van der Waals surface area contributed by atoms with E-state index < -0.39 is 21.0 Å². The molecule has 5 rings (SSSR count). The van der Waals surface area contributed by atoms with Crippen molar-refractivity contribution in [1.29, 1.82) is 0 Å². The minimum Gasteiger partial charge on any atom is -0.375 e. The van der Waals surface area contributed by atoms with Crippen LogP contribution in [0.25, 0.3) is 10.8 Å². The Bertz CT molecular complexity index is 1320. The lowest BCUT2D eigenvalue weighted by Crippen LogP contribution is -2.48. The van der Waals surface area contributed by atoms with Gasteiger partial charge in [-0.15, -0.1) is 0 Å². The van der Waals surface area contributed by atoms with E-state index in [0.29, 0.717) is 43.9 Å². The molecule has 178 valence electrons. The molecule has 0 aromatic heterocycles. The van der Waals surface area contributed by atoms with E-state index in [0.717, 1.165) is 16.3 Å². The van der Waals surface area contributed by atoms with E-state index in [9.17, 15) is 13.2 Å². The summed E-state index contributed by atoms with van der Waals surface area (Å²) in [6.45, 7) is 3.11. The van der Waals surface area contributed by atoms with Crippen molar-refractivity contribution in [3.8, 4) is 0 Å². The van der Waals surface area contributed by atoms with Crippen LogP contribution >= 0.6 is 0 Å². The molecule has 0 saturated carbocycles. The van der Waals surface area contributed by atoms with Gasteiger partial charge >= 0.3 is 0 Å². The van der Waals surface area contributed by atoms with Gasteiger partial charge in [0.05, 0.1) is 22.5 Å². The van der Waals surface area contributed by atoms with Crippen molar-refractivity contribution in [2.24, 2.45) is 11.7 Å². The molecule has 0 radical (unpaired) electrons. The molecule has 2 aliphatic rings. The van der Waals surface area contributed by atoms with Gasteiger partial charge in [-0.3, -0.25) is 4.79 Å². The van der Waals surface area contributed by atoms with Gasteiger partial charge in [-0.2, -0.15) is 4.31 Å². The number of sulfonamides is 1. The van der Waals surface area contributed by atoms with Crippen LogP contribution in [0.2, 0.25) is 0 Å². The molecule has 1 spiro atoms. The normalized spacial score (nSPS) is 22.6. The molecule has 6 nitrogen and oxygen atoms in total. The molecule has 1 unspecified atom stereocenters. The van der Waals surface area contributed by atoms with E-state index in [1.165, 1.54) is 0 Å². The molecule has 2 N–H and O–H groups in total. The molecular formula is C27H30N2O4S. The van der Waals surface area contributed by atoms with E-state index in [4.69, 9.17) is 10.5 Å². The van der Waals surface area contributed by atoms with E-state index >= 15 is 0 Å². The Morgan fingerprint density at radius 1 is 1.00 bits per heavy atom. The van der Waals surface area contributed by atoms with Crippen molar-refractivity contribution in [3.63, 3.8) is 0 Å². The van der Waals surface area contributed by atoms with Crippen LogP contribution in [0.1, 0.15) is 31.7 Å². The zero-order valence-electron chi connectivity index (χ0n) is 19.3. The smallest absolute Gasteiger partial charge is 0.243 e. The number of hydrogen-bond donors (Lipinski definition) is 1. The van der Waals surface area contributed by atoms with Crippen LogP contribution in [-0.4, -0.2) is 43.9 Å². The van der Waals surface area contributed by atoms with Crippen LogP contribution in [0.3, 0.4) is 0 Å². The van der Waals surface area contributed by atoms with E-state index in [1.54, 1.807) is 16.4 Å². The Kier molecular flexibility index (Phi) is 5.74. The first-order valence-corrected chi connectivity index (χ1v) is 13.2. The average Bonchev–Trinajstić information content (AvgIpc) is 3.27. The predicted molar refractivity (Wildman–Crippen MR) is 132 cm³/mol. The summed E-state index contributed by atoms with van der Waals surface area (Å²) in [4.78, 5) is 12.9. The predicted octanol–water partition coefficient (Wildman–Crippen LogP) is 3.84. The molecule has 3 aromatic carbocycles. The number of piperidine rings is 1. The molecule has 3 aromatic rings. The third kappa shape index (κ3) is 3.82. The van der Waals surface area contributed by atoms with Gasteiger partial charge in [-0.25, -0.2) is 8.42 Å². The van der Waals surface area contributed by atoms with Gasteiger partial charge in [0.2, 0.25) is 15.9 Å². The summed E-state index contributed by atoms with van der Waals surface area (Å²) in [6.07, 6.45) is 1.88. The van der Waals surface area contributed by atoms with Gasteiger partial charge in [0.15, 0.2) is 0 Å². The number of hydrogen-bond acceptors (Lipinski definition) is 4. The highest BCUT2D eigenvalue weighted by molar-refractivity contribution is 7.89. The van der Waals surface area contributed by atoms with Gasteiger partial charge in [0.25, 0.3) is 0 Å². The Labute approximate surface area is 200 Å². The standard InChI is InChI=1S/C27H30N2O4S/c1-26(25(28)30,22-9-3-2-4-10-22)23-18-27(33-19-23)13-15-29(16-14-27)34(31,32)24-12-11-20-7-5-6-8-21(20)17-24/h2-12,17,23H,13-16,18-19H2,1H3,(H2,28,30)/t23-,26?/m1/s1. The van der Waals surface area contributed by atoms with Gasteiger partial charge in [-0.05, 0) is 54.7 Å². The maximum absolute atomic E-state index is 13.4. The number of carbonyl (C=O) groups excluding carboxylic acids is 1. The number of carbonyl (C=O) groups is 1. The molecule has 2 fully saturated rings. The maximum atomic E-state index is 13.4. The number of nitrogens with two attached hydrogens (primary N) is 1. The van der Waals surface area contributed by atoms with E-state index in [-0.39, 0.29) is 11.8 Å². The molecule has 0 bridgehead atoms. The summed E-state index contributed by atoms with van der Waals surface area (Å²) in [5, 5.41) is 1.92. The van der Waals surface area contributed by atoms with Crippen LogP contribution in [0.15, 0.2) is 77.7 Å². The van der Waals surface area contributed by atoms with Crippen LogP contribution in [-0.2, 0) is 25.0 Å². The zero-order chi connectivity index (χ0) is 24.0. The summed E-state index contributed by atoms with van der Waals surface area (Å²) >= 11 is 0. The van der Waals surface area contributed by atoms with Crippen molar-refractivity contribution in [1.82, 2.24) is 4.31 Å². The lowest BCUT2D eigenvalue weighted by molar-refractivity contribution is -0.125. The summed E-state index contributed by atoms with van der Waals surface area (Å²) in [5.74, 6) is -0.420. The summed E-state index contributed by atoms with van der Waals surface area (Å²) in [5.41, 5.74) is 5.54. The van der Waals surface area contributed by atoms with Gasteiger partial charge in [0, 0.05) is 19.0 Å². The number of benzene rings is 3. The first-order chi connectivity index (χ1) is 16.2. The molecule has 2 saturated heterocycles. The number of fused-ring (bicyclic) bond motifs is 1. The van der Waals surface area contributed by atoms with Gasteiger partial charge in [-0.1, -0.05) is 60.7 Å². The van der Waals surface area contributed by atoms with Crippen molar-refractivity contribution >= 4 is 26.7 Å². The molecule has 2 heterocycles. The maximum Gasteiger partial charge on any atom is 0.243 e. The fourth-order valence-corrected chi connectivity index (χ4v) is 7.02. The summed E-state index contributed by atoms with van der Waals surface area (Å²) in [7, 11) is -3.59. The Balaban J connectivity index is 1.32. The number of nitrogens with zero attached hydrogens (tertiary/aromatic N) is 1. The Morgan fingerprint density at radius 3 is 2.32 bits per heavy atom.